The Balaban J connectivity index is 1.88. The molecule has 1 heterocycles. The molecule has 2 atom stereocenters. The highest BCUT2D eigenvalue weighted by Gasteiger charge is 2.44. The first-order valence-corrected chi connectivity index (χ1v) is 12.4. The summed E-state index contributed by atoms with van der Waals surface area (Å²) >= 11 is 0. The van der Waals surface area contributed by atoms with Crippen LogP contribution < -0.4 is 0 Å². The Morgan fingerprint density at radius 2 is 1.71 bits per heavy atom. The van der Waals surface area contributed by atoms with E-state index in [0.717, 1.165) is 6.54 Å². The van der Waals surface area contributed by atoms with Crippen molar-refractivity contribution < 1.29 is 24.0 Å². The molecule has 0 aliphatic carbocycles. The first-order valence-electron chi connectivity index (χ1n) is 12.4. The van der Waals surface area contributed by atoms with Crippen LogP contribution in [-0.4, -0.2) is 54.8 Å². The fraction of sp³-hybridized carbons (Fsp3) is 0.414. The van der Waals surface area contributed by atoms with E-state index in [9.17, 15) is 19.7 Å². The number of esters is 2. The second-order valence-corrected chi connectivity index (χ2v) is 10.4. The lowest BCUT2D eigenvalue weighted by Gasteiger charge is -2.33. The summed E-state index contributed by atoms with van der Waals surface area (Å²) in [4.78, 5) is 44.4. The van der Waals surface area contributed by atoms with E-state index in [1.807, 2.05) is 39.1 Å². The SMILES string of the molecule is COC(=O)C1C(C)=NC(C)=C(C(=O)OCC(C)(C)CN(C)Cc2ccccc2)C1c1ccccc1[N+](=O)[O-]. The van der Waals surface area contributed by atoms with Gasteiger partial charge in [-0.15, -0.1) is 0 Å². The molecular formula is C29H35N3O6. The number of nitro groups is 1. The number of hydrogen-bond donors (Lipinski definition) is 0. The normalized spacial score (nSPS) is 17.7. The largest absolute Gasteiger partial charge is 0.468 e. The van der Waals surface area contributed by atoms with Crippen LogP contribution in [0.5, 0.6) is 0 Å². The predicted octanol–water partition coefficient (Wildman–Crippen LogP) is 4.92. The smallest absolute Gasteiger partial charge is 0.336 e. The number of carbonyl (C=O) groups excluding carboxylic acids is 2. The number of benzene rings is 2. The van der Waals surface area contributed by atoms with E-state index in [1.54, 1.807) is 32.0 Å². The van der Waals surface area contributed by atoms with Crippen LogP contribution in [0.4, 0.5) is 5.69 Å². The van der Waals surface area contributed by atoms with Crippen LogP contribution in [0.15, 0.2) is 70.9 Å². The van der Waals surface area contributed by atoms with E-state index in [-0.39, 0.29) is 23.4 Å². The summed E-state index contributed by atoms with van der Waals surface area (Å²) in [7, 11) is 3.25. The van der Waals surface area contributed by atoms with E-state index >= 15 is 0 Å². The topological polar surface area (TPSA) is 111 Å². The van der Waals surface area contributed by atoms with E-state index in [4.69, 9.17) is 9.47 Å². The van der Waals surface area contributed by atoms with Crippen LogP contribution in [0.3, 0.4) is 0 Å². The van der Waals surface area contributed by atoms with E-state index < -0.39 is 34.1 Å². The summed E-state index contributed by atoms with van der Waals surface area (Å²) in [6, 6.07) is 16.2. The molecule has 2 aromatic carbocycles. The summed E-state index contributed by atoms with van der Waals surface area (Å²) in [5.74, 6) is -3.26. The van der Waals surface area contributed by atoms with Crippen molar-refractivity contribution in [2.24, 2.45) is 16.3 Å². The number of rotatable bonds is 10. The van der Waals surface area contributed by atoms with Crippen molar-refractivity contribution in [3.05, 3.63) is 87.1 Å². The Labute approximate surface area is 223 Å². The number of allylic oxidation sites excluding steroid dienone is 1. The highest BCUT2D eigenvalue weighted by molar-refractivity contribution is 6.07. The molecule has 2 aromatic rings. The molecule has 3 rings (SSSR count). The van der Waals surface area contributed by atoms with Crippen molar-refractivity contribution in [2.45, 2.75) is 40.2 Å². The van der Waals surface area contributed by atoms with Crippen molar-refractivity contribution in [1.82, 2.24) is 4.90 Å². The minimum absolute atomic E-state index is 0.108. The Bertz CT molecular complexity index is 1250. The van der Waals surface area contributed by atoms with Gasteiger partial charge in [0.05, 0.1) is 24.2 Å². The highest BCUT2D eigenvalue weighted by atomic mass is 16.6. The summed E-state index contributed by atoms with van der Waals surface area (Å²) in [6.45, 7) is 8.82. The van der Waals surface area contributed by atoms with Crippen molar-refractivity contribution >= 4 is 23.3 Å². The zero-order valence-electron chi connectivity index (χ0n) is 22.8. The van der Waals surface area contributed by atoms with Crippen molar-refractivity contribution in [2.75, 3.05) is 27.3 Å². The predicted molar refractivity (Wildman–Crippen MR) is 145 cm³/mol. The van der Waals surface area contributed by atoms with Gasteiger partial charge < -0.3 is 14.4 Å². The molecule has 0 radical (unpaired) electrons. The van der Waals surface area contributed by atoms with Crippen LogP contribution in [0.1, 0.15) is 44.7 Å². The van der Waals surface area contributed by atoms with Crippen molar-refractivity contribution in [1.29, 1.82) is 0 Å². The molecule has 0 amide bonds. The molecule has 0 aromatic heterocycles. The molecule has 1 aliphatic rings. The van der Waals surface area contributed by atoms with Crippen molar-refractivity contribution in [3.63, 3.8) is 0 Å². The molecule has 38 heavy (non-hydrogen) atoms. The number of methoxy groups -OCH3 is 1. The zero-order chi connectivity index (χ0) is 28.0. The summed E-state index contributed by atoms with van der Waals surface area (Å²) in [6.07, 6.45) is 0. The molecule has 0 N–H and O–H groups in total. The number of nitro benzene ring substituents is 1. The van der Waals surface area contributed by atoms with Gasteiger partial charge in [-0.3, -0.25) is 19.9 Å². The van der Waals surface area contributed by atoms with E-state index in [2.05, 4.69) is 22.0 Å². The van der Waals surface area contributed by atoms with Gasteiger partial charge in [0.2, 0.25) is 0 Å². The lowest BCUT2D eigenvalue weighted by molar-refractivity contribution is -0.385. The van der Waals surface area contributed by atoms with E-state index in [0.29, 0.717) is 18.0 Å². The zero-order valence-corrected chi connectivity index (χ0v) is 22.8. The number of aliphatic imine (C=N–C) groups is 1. The minimum Gasteiger partial charge on any atom is -0.468 e. The van der Waals surface area contributed by atoms with Crippen LogP contribution >= 0.6 is 0 Å². The maximum absolute atomic E-state index is 13.6. The Morgan fingerprint density at radius 3 is 2.34 bits per heavy atom. The van der Waals surface area contributed by atoms with Gasteiger partial charge in [0.15, 0.2) is 0 Å². The van der Waals surface area contributed by atoms with Gasteiger partial charge in [-0.25, -0.2) is 4.79 Å². The van der Waals surface area contributed by atoms with Crippen LogP contribution in [0.2, 0.25) is 0 Å². The number of ether oxygens (including phenoxy) is 2. The summed E-state index contributed by atoms with van der Waals surface area (Å²) in [5.41, 5.74) is 1.72. The standard InChI is InChI=1S/C29H35N3O6/c1-19-24(27(33)37-6)26(22-14-10-11-15-23(22)32(35)36)25(20(2)30-19)28(34)38-18-29(3,4)17-31(5)16-21-12-8-7-9-13-21/h7-15,24,26H,16-18H2,1-6H3. The third kappa shape index (κ3) is 6.72. The molecule has 0 saturated heterocycles. The number of hydrogen-bond acceptors (Lipinski definition) is 8. The van der Waals surface area contributed by atoms with Gasteiger partial charge in [-0.05, 0) is 26.5 Å². The number of para-hydroxylation sites is 1. The van der Waals surface area contributed by atoms with Crippen molar-refractivity contribution in [3.8, 4) is 0 Å². The molecule has 1 aliphatic heterocycles. The second kappa shape index (κ2) is 12.1. The van der Waals surface area contributed by atoms with E-state index in [1.165, 1.54) is 18.7 Å². The summed E-state index contributed by atoms with van der Waals surface area (Å²) < 4.78 is 10.8. The highest BCUT2D eigenvalue weighted by Crippen LogP contribution is 2.43. The Hall–Kier alpha value is -3.85. The van der Waals surface area contributed by atoms with Gasteiger partial charge in [-0.2, -0.15) is 0 Å². The quantitative estimate of drug-likeness (QED) is 0.248. The first kappa shape index (κ1) is 28.7. The fourth-order valence-electron chi connectivity index (χ4n) is 5.05. The summed E-state index contributed by atoms with van der Waals surface area (Å²) in [5, 5.41) is 11.9. The maximum Gasteiger partial charge on any atom is 0.336 e. The van der Waals surface area contributed by atoms with Gasteiger partial charge >= 0.3 is 11.9 Å². The molecule has 202 valence electrons. The van der Waals surface area contributed by atoms with Gasteiger partial charge in [0.25, 0.3) is 5.69 Å². The lowest BCUT2D eigenvalue weighted by atomic mass is 9.75. The molecule has 9 heteroatoms. The molecule has 2 unspecified atom stereocenters. The average molecular weight is 522 g/mol. The third-order valence-electron chi connectivity index (χ3n) is 6.56. The Kier molecular flexibility index (Phi) is 9.17. The molecule has 0 spiro atoms. The van der Waals surface area contributed by atoms with Gasteiger partial charge in [-0.1, -0.05) is 62.4 Å². The maximum atomic E-state index is 13.6. The second-order valence-electron chi connectivity index (χ2n) is 10.4. The van der Waals surface area contributed by atoms with Gasteiger partial charge in [0.1, 0.15) is 5.92 Å². The monoisotopic (exact) mass is 521 g/mol. The molecule has 0 saturated carbocycles. The van der Waals surface area contributed by atoms with Crippen LogP contribution in [0, 0.1) is 21.4 Å². The molecule has 0 fully saturated rings. The minimum atomic E-state index is -1.00. The van der Waals surface area contributed by atoms with Gasteiger partial charge in [0, 0.05) is 47.5 Å². The Morgan fingerprint density at radius 1 is 1.08 bits per heavy atom. The lowest BCUT2D eigenvalue weighted by Crippen LogP contribution is -2.38. The first-order chi connectivity index (χ1) is 17.9. The molecule has 0 bridgehead atoms. The van der Waals surface area contributed by atoms with Crippen LogP contribution in [-0.2, 0) is 25.6 Å². The third-order valence-corrected chi connectivity index (χ3v) is 6.56. The molecular weight excluding hydrogens is 486 g/mol. The number of carbonyl (C=O) groups is 2. The molecule has 9 nitrogen and oxygen atoms in total. The fourth-order valence-corrected chi connectivity index (χ4v) is 5.05. The number of nitrogens with zero attached hydrogens (tertiary/aromatic N) is 3. The average Bonchev–Trinajstić information content (AvgIpc) is 2.86. The van der Waals surface area contributed by atoms with Crippen LogP contribution in [0.25, 0.3) is 0 Å².